The average Bonchev–Trinajstić information content (AvgIpc) is 3.51. The molecule has 3 aromatic rings. The van der Waals surface area contributed by atoms with Crippen molar-refractivity contribution in [2.75, 3.05) is 22.5 Å². The van der Waals surface area contributed by atoms with Crippen LogP contribution < -0.4 is 10.2 Å². The maximum atomic E-state index is 13.3. The van der Waals surface area contributed by atoms with Crippen molar-refractivity contribution in [3.05, 3.63) is 30.6 Å². The summed E-state index contributed by atoms with van der Waals surface area (Å²) < 4.78 is 0.872. The molecule has 1 aromatic carbocycles. The number of amides is 2. The van der Waals surface area contributed by atoms with Crippen LogP contribution in [0.1, 0.15) is 39.5 Å². The fourth-order valence-corrected chi connectivity index (χ4v) is 5.65. The summed E-state index contributed by atoms with van der Waals surface area (Å²) in [5.41, 5.74) is 0.931. The van der Waals surface area contributed by atoms with Crippen LogP contribution in [0.2, 0.25) is 0 Å². The van der Waals surface area contributed by atoms with Gasteiger partial charge in [-0.05, 0) is 50.8 Å². The van der Waals surface area contributed by atoms with Crippen LogP contribution in [0, 0.1) is 11.3 Å². The lowest BCUT2D eigenvalue weighted by molar-refractivity contribution is -0.145. The molecule has 8 nitrogen and oxygen atoms in total. The molecule has 0 saturated heterocycles. The predicted molar refractivity (Wildman–Crippen MR) is 129 cm³/mol. The number of thioether (sulfide) groups is 1. The Morgan fingerprint density at radius 1 is 1.31 bits per heavy atom. The Balaban J connectivity index is 1.47. The molecule has 1 aliphatic carbocycles. The van der Waals surface area contributed by atoms with E-state index < -0.39 is 11.4 Å². The van der Waals surface area contributed by atoms with Gasteiger partial charge in [-0.25, -0.2) is 9.78 Å². The number of aliphatic carboxylic acids is 1. The molecular formula is C22H27N5O3S2. The normalized spacial score (nSPS) is 14.7. The highest BCUT2D eigenvalue weighted by Crippen LogP contribution is 2.34. The van der Waals surface area contributed by atoms with Crippen LogP contribution in [-0.4, -0.2) is 44.6 Å². The number of anilines is 2. The topological polar surface area (TPSA) is 111 Å². The van der Waals surface area contributed by atoms with E-state index in [-0.39, 0.29) is 6.03 Å². The summed E-state index contributed by atoms with van der Waals surface area (Å²) in [7, 11) is 0. The van der Waals surface area contributed by atoms with Gasteiger partial charge in [-0.15, -0.1) is 11.8 Å². The number of rotatable bonds is 8. The first-order chi connectivity index (χ1) is 15.3. The molecule has 1 saturated carbocycles. The smallest absolute Gasteiger partial charge is 0.328 e. The van der Waals surface area contributed by atoms with E-state index in [1.807, 2.05) is 18.2 Å². The zero-order valence-electron chi connectivity index (χ0n) is 18.1. The van der Waals surface area contributed by atoms with Gasteiger partial charge in [0.25, 0.3) is 0 Å². The van der Waals surface area contributed by atoms with E-state index in [2.05, 4.69) is 20.5 Å². The SMILES string of the molecule is CC(C)(CSc1cnc(NC(=O)N(CC2CCCC2)c2ccc3[nH]ncc3c2)s1)C(=O)O. The number of hydrogen-bond donors (Lipinski definition) is 3. The lowest BCUT2D eigenvalue weighted by Gasteiger charge is -2.25. The minimum absolute atomic E-state index is 0.212. The maximum Gasteiger partial charge on any atom is 0.328 e. The molecule has 3 N–H and O–H groups in total. The number of aromatic amines is 1. The molecule has 0 atom stereocenters. The number of nitrogens with zero attached hydrogens (tertiary/aromatic N) is 3. The molecule has 0 spiro atoms. The molecule has 4 rings (SSSR count). The number of carbonyl (C=O) groups is 2. The Morgan fingerprint density at radius 3 is 2.84 bits per heavy atom. The van der Waals surface area contributed by atoms with Gasteiger partial charge in [0.15, 0.2) is 5.13 Å². The van der Waals surface area contributed by atoms with Gasteiger partial charge in [-0.3, -0.25) is 20.1 Å². The number of nitrogens with one attached hydrogen (secondary N) is 2. The van der Waals surface area contributed by atoms with E-state index in [1.165, 1.54) is 35.9 Å². The van der Waals surface area contributed by atoms with Gasteiger partial charge in [0.1, 0.15) is 0 Å². The van der Waals surface area contributed by atoms with Crippen molar-refractivity contribution >= 4 is 56.8 Å². The Bertz CT molecular complexity index is 1100. The third-order valence-electron chi connectivity index (χ3n) is 5.75. The number of carbonyl (C=O) groups excluding carboxylic acids is 1. The van der Waals surface area contributed by atoms with E-state index >= 15 is 0 Å². The summed E-state index contributed by atoms with van der Waals surface area (Å²) >= 11 is 2.80. The number of fused-ring (bicyclic) bond motifs is 1. The summed E-state index contributed by atoms with van der Waals surface area (Å²) in [6.45, 7) is 4.06. The Morgan fingerprint density at radius 2 is 2.09 bits per heavy atom. The van der Waals surface area contributed by atoms with Crippen molar-refractivity contribution in [3.8, 4) is 0 Å². The van der Waals surface area contributed by atoms with Crippen molar-refractivity contribution in [1.29, 1.82) is 0 Å². The van der Waals surface area contributed by atoms with Crippen molar-refractivity contribution < 1.29 is 14.7 Å². The van der Waals surface area contributed by atoms with Crippen LogP contribution in [0.15, 0.2) is 34.8 Å². The highest BCUT2D eigenvalue weighted by molar-refractivity contribution is 8.01. The summed E-state index contributed by atoms with van der Waals surface area (Å²) in [6.07, 6.45) is 8.13. The summed E-state index contributed by atoms with van der Waals surface area (Å²) in [4.78, 5) is 30.7. The highest BCUT2D eigenvalue weighted by atomic mass is 32.2. The molecule has 32 heavy (non-hydrogen) atoms. The number of carboxylic acids is 1. The van der Waals surface area contributed by atoms with Gasteiger partial charge in [0.2, 0.25) is 0 Å². The van der Waals surface area contributed by atoms with Crippen molar-refractivity contribution in [3.63, 3.8) is 0 Å². The minimum Gasteiger partial charge on any atom is -0.481 e. The predicted octanol–water partition coefficient (Wildman–Crippen LogP) is 5.45. The van der Waals surface area contributed by atoms with Crippen LogP contribution in [0.5, 0.6) is 0 Å². The summed E-state index contributed by atoms with van der Waals surface area (Å²) in [5, 5.41) is 20.7. The van der Waals surface area contributed by atoms with Gasteiger partial charge in [-0.2, -0.15) is 5.10 Å². The lowest BCUT2D eigenvalue weighted by Crippen LogP contribution is -2.38. The Labute approximate surface area is 194 Å². The van der Waals surface area contributed by atoms with Gasteiger partial charge >= 0.3 is 12.0 Å². The second-order valence-corrected chi connectivity index (χ2v) is 11.1. The number of carboxylic acid groups (broad SMARTS) is 1. The van der Waals surface area contributed by atoms with Crippen LogP contribution >= 0.6 is 23.1 Å². The molecule has 170 valence electrons. The molecule has 2 aromatic heterocycles. The first kappa shape index (κ1) is 22.6. The Kier molecular flexibility index (Phi) is 6.71. The highest BCUT2D eigenvalue weighted by Gasteiger charge is 2.28. The maximum absolute atomic E-state index is 13.3. The second kappa shape index (κ2) is 9.50. The van der Waals surface area contributed by atoms with Crippen molar-refractivity contribution in [2.24, 2.45) is 11.3 Å². The second-order valence-electron chi connectivity index (χ2n) is 8.79. The van der Waals surface area contributed by atoms with Crippen LogP contribution in [0.25, 0.3) is 10.9 Å². The molecule has 0 bridgehead atoms. The van der Waals surface area contributed by atoms with Crippen molar-refractivity contribution in [2.45, 2.75) is 43.7 Å². The number of benzene rings is 1. The van der Waals surface area contributed by atoms with Crippen molar-refractivity contribution in [1.82, 2.24) is 15.2 Å². The third-order valence-corrected chi connectivity index (χ3v) is 8.32. The number of H-pyrrole nitrogens is 1. The van der Waals surface area contributed by atoms with E-state index in [0.717, 1.165) is 33.6 Å². The van der Waals surface area contributed by atoms with Gasteiger partial charge in [0, 0.05) is 23.4 Å². The molecule has 0 radical (unpaired) electrons. The zero-order valence-corrected chi connectivity index (χ0v) is 19.8. The number of aromatic nitrogens is 3. The molecular weight excluding hydrogens is 446 g/mol. The molecule has 0 unspecified atom stereocenters. The molecule has 10 heteroatoms. The Hall–Kier alpha value is -2.59. The molecule has 2 heterocycles. The fourth-order valence-electron chi connectivity index (χ4n) is 3.71. The number of hydrogen-bond acceptors (Lipinski definition) is 6. The minimum atomic E-state index is -0.833. The monoisotopic (exact) mass is 473 g/mol. The molecule has 2 amide bonds. The fraction of sp³-hybridized carbons (Fsp3) is 0.455. The van der Waals surface area contributed by atoms with Gasteiger partial charge < -0.3 is 5.11 Å². The van der Waals surface area contributed by atoms with E-state index in [0.29, 0.717) is 23.3 Å². The van der Waals surface area contributed by atoms with E-state index in [4.69, 9.17) is 0 Å². The van der Waals surface area contributed by atoms with Crippen LogP contribution in [0.3, 0.4) is 0 Å². The summed E-state index contributed by atoms with van der Waals surface area (Å²) in [6, 6.07) is 5.64. The quantitative estimate of drug-likeness (QED) is 0.375. The van der Waals surface area contributed by atoms with Crippen LogP contribution in [0.4, 0.5) is 15.6 Å². The standard InChI is InChI=1S/C22H27N5O3S2/c1-22(2,19(28)29)13-31-18-11-23-20(32-18)25-21(30)27(12-14-5-3-4-6-14)16-7-8-17-15(9-16)10-24-26-17/h7-11,14H,3-6,12-13H2,1-2H3,(H,24,26)(H,28,29)(H,23,25,30). The van der Waals surface area contributed by atoms with E-state index in [9.17, 15) is 14.7 Å². The molecule has 1 aliphatic rings. The largest absolute Gasteiger partial charge is 0.481 e. The molecule has 0 aliphatic heterocycles. The van der Waals surface area contributed by atoms with Gasteiger partial charge in [-0.1, -0.05) is 24.2 Å². The lowest BCUT2D eigenvalue weighted by atomic mass is 9.97. The molecule has 1 fully saturated rings. The van der Waals surface area contributed by atoms with Crippen LogP contribution in [-0.2, 0) is 4.79 Å². The number of thiazole rings is 1. The van der Waals surface area contributed by atoms with Gasteiger partial charge in [0.05, 0.1) is 27.5 Å². The number of urea groups is 1. The summed E-state index contributed by atoms with van der Waals surface area (Å²) in [5.74, 6) is 0.0813. The first-order valence-electron chi connectivity index (χ1n) is 10.7. The zero-order chi connectivity index (χ0) is 22.7. The first-order valence-corrected chi connectivity index (χ1v) is 12.5. The average molecular weight is 474 g/mol. The third kappa shape index (κ3) is 5.24. The van der Waals surface area contributed by atoms with E-state index in [1.54, 1.807) is 31.1 Å².